The molecule has 0 spiro atoms. The monoisotopic (exact) mass is 438 g/mol. The van der Waals surface area contributed by atoms with E-state index in [9.17, 15) is 9.18 Å². The second kappa shape index (κ2) is 10.3. The Morgan fingerprint density at radius 3 is 2.58 bits per heavy atom. The third-order valence-electron chi connectivity index (χ3n) is 5.23. The second-order valence-electron chi connectivity index (χ2n) is 7.38. The normalized spacial score (nSPS) is 13.7. The number of nitrogens with two attached hydrogens (primary N) is 1. The zero-order chi connectivity index (χ0) is 20.9. The number of carbonyl (C=O) groups excluding carboxylic acids is 1. The first kappa shape index (κ1) is 22.5. The van der Waals surface area contributed by atoms with Crippen LogP contribution < -0.4 is 5.73 Å². The Hall–Kier alpha value is -3.14. The van der Waals surface area contributed by atoms with Crippen LogP contribution in [0.15, 0.2) is 54.7 Å². The molecule has 0 amide bonds. The van der Waals surface area contributed by atoms with Gasteiger partial charge in [0.05, 0.1) is 24.0 Å². The van der Waals surface area contributed by atoms with Gasteiger partial charge in [0.2, 0.25) is 0 Å². The van der Waals surface area contributed by atoms with Gasteiger partial charge in [-0.15, -0.1) is 12.4 Å². The zero-order valence-electron chi connectivity index (χ0n) is 17.1. The van der Waals surface area contributed by atoms with E-state index < -0.39 is 0 Å². The molecule has 0 saturated carbocycles. The van der Waals surface area contributed by atoms with Crippen LogP contribution in [0.2, 0.25) is 0 Å². The fourth-order valence-electron chi connectivity index (χ4n) is 3.59. The van der Waals surface area contributed by atoms with E-state index in [0.717, 1.165) is 25.2 Å². The molecule has 0 radical (unpaired) electrons. The van der Waals surface area contributed by atoms with Crippen LogP contribution in [0.4, 0.5) is 10.2 Å². The average Bonchev–Trinajstić information content (AvgIpc) is 3.16. The van der Waals surface area contributed by atoms with Gasteiger partial charge < -0.3 is 5.73 Å². The first-order valence-electron chi connectivity index (χ1n) is 10.1. The molecule has 7 heteroatoms. The Balaban J connectivity index is 0.00000272. The molecule has 2 heterocycles. The number of hydrogen-bond acceptors (Lipinski definition) is 4. The van der Waals surface area contributed by atoms with Crippen molar-refractivity contribution >= 4 is 24.0 Å². The molecule has 1 saturated heterocycles. The summed E-state index contributed by atoms with van der Waals surface area (Å²) in [6, 6.07) is 13.0. The van der Waals surface area contributed by atoms with Gasteiger partial charge in [0, 0.05) is 11.1 Å². The maximum atomic E-state index is 13.2. The SMILES string of the molecule is Cl.Nc1c(C(=O)c2cccc(C#CCN3CCCCC3)c2)cnn1-c1ccc(F)cc1. The van der Waals surface area contributed by atoms with E-state index in [-0.39, 0.29) is 29.8 Å². The number of benzene rings is 2. The number of halogens is 2. The third kappa shape index (κ3) is 5.32. The van der Waals surface area contributed by atoms with Crippen LogP contribution in [0.3, 0.4) is 0 Å². The summed E-state index contributed by atoms with van der Waals surface area (Å²) in [5.74, 6) is 6.02. The lowest BCUT2D eigenvalue weighted by Gasteiger charge is -2.23. The molecule has 0 atom stereocenters. The Kier molecular flexibility index (Phi) is 7.45. The van der Waals surface area contributed by atoms with Gasteiger partial charge in [-0.05, 0) is 62.3 Å². The molecule has 1 aliphatic heterocycles. The number of carbonyl (C=O) groups is 1. The summed E-state index contributed by atoms with van der Waals surface area (Å²) < 4.78 is 14.6. The van der Waals surface area contributed by atoms with Crippen molar-refractivity contribution in [2.45, 2.75) is 19.3 Å². The molecule has 3 aromatic rings. The van der Waals surface area contributed by atoms with E-state index >= 15 is 0 Å². The highest BCUT2D eigenvalue weighted by molar-refractivity contribution is 6.11. The second-order valence-corrected chi connectivity index (χ2v) is 7.38. The topological polar surface area (TPSA) is 64.2 Å². The summed E-state index contributed by atoms with van der Waals surface area (Å²) in [6.45, 7) is 2.95. The predicted octanol–water partition coefficient (Wildman–Crippen LogP) is 4.08. The van der Waals surface area contributed by atoms with Crippen molar-refractivity contribution in [2.75, 3.05) is 25.4 Å². The molecule has 31 heavy (non-hydrogen) atoms. The lowest BCUT2D eigenvalue weighted by molar-refractivity contribution is 0.103. The van der Waals surface area contributed by atoms with Gasteiger partial charge in [-0.1, -0.05) is 30.4 Å². The summed E-state index contributed by atoms with van der Waals surface area (Å²) >= 11 is 0. The van der Waals surface area contributed by atoms with Crippen LogP contribution in [0.1, 0.15) is 40.7 Å². The van der Waals surface area contributed by atoms with Gasteiger partial charge >= 0.3 is 0 Å². The van der Waals surface area contributed by atoms with Crippen LogP contribution in [0.25, 0.3) is 5.69 Å². The van der Waals surface area contributed by atoms with Gasteiger partial charge in [-0.25, -0.2) is 9.07 Å². The molecule has 1 fully saturated rings. The molecule has 1 aliphatic rings. The van der Waals surface area contributed by atoms with Crippen molar-refractivity contribution in [3.63, 3.8) is 0 Å². The minimum Gasteiger partial charge on any atom is -0.383 e. The highest BCUT2D eigenvalue weighted by Crippen LogP contribution is 2.21. The van der Waals surface area contributed by atoms with Gasteiger partial charge in [0.1, 0.15) is 11.6 Å². The average molecular weight is 439 g/mol. The maximum Gasteiger partial charge on any atom is 0.198 e. The Morgan fingerprint density at radius 1 is 1.10 bits per heavy atom. The van der Waals surface area contributed by atoms with E-state index in [2.05, 4.69) is 21.8 Å². The van der Waals surface area contributed by atoms with Crippen LogP contribution in [0, 0.1) is 17.7 Å². The highest BCUT2D eigenvalue weighted by Gasteiger charge is 2.18. The number of nitrogen functional groups attached to an aromatic ring is 1. The van der Waals surface area contributed by atoms with E-state index in [4.69, 9.17) is 5.73 Å². The molecule has 160 valence electrons. The van der Waals surface area contributed by atoms with Crippen LogP contribution in [0.5, 0.6) is 0 Å². The Bertz CT molecular complexity index is 1110. The van der Waals surface area contributed by atoms with Crippen molar-refractivity contribution < 1.29 is 9.18 Å². The molecule has 0 bridgehead atoms. The van der Waals surface area contributed by atoms with E-state index in [1.807, 2.05) is 12.1 Å². The molecule has 4 rings (SSSR count). The molecule has 2 N–H and O–H groups in total. The van der Waals surface area contributed by atoms with E-state index in [0.29, 0.717) is 16.8 Å². The number of anilines is 1. The van der Waals surface area contributed by atoms with E-state index in [1.165, 1.54) is 42.3 Å². The largest absolute Gasteiger partial charge is 0.383 e. The van der Waals surface area contributed by atoms with Gasteiger partial charge in [-0.2, -0.15) is 5.10 Å². The number of hydrogen-bond donors (Lipinski definition) is 1. The number of rotatable bonds is 4. The van der Waals surface area contributed by atoms with Gasteiger partial charge in [0.15, 0.2) is 5.78 Å². The number of likely N-dealkylation sites (tertiary alicyclic amines) is 1. The minimum absolute atomic E-state index is 0. The molecule has 2 aromatic carbocycles. The predicted molar refractivity (Wildman–Crippen MR) is 122 cm³/mol. The summed E-state index contributed by atoms with van der Waals surface area (Å²) in [6.07, 6.45) is 5.21. The van der Waals surface area contributed by atoms with Gasteiger partial charge in [0.25, 0.3) is 0 Å². The molecule has 0 unspecified atom stereocenters. The molecule has 0 aliphatic carbocycles. The van der Waals surface area contributed by atoms with Crippen molar-refractivity contribution in [1.82, 2.24) is 14.7 Å². The fourth-order valence-corrected chi connectivity index (χ4v) is 3.59. The molecule has 1 aromatic heterocycles. The summed E-state index contributed by atoms with van der Waals surface area (Å²) in [7, 11) is 0. The zero-order valence-corrected chi connectivity index (χ0v) is 17.9. The summed E-state index contributed by atoms with van der Waals surface area (Å²) in [4.78, 5) is 15.3. The third-order valence-corrected chi connectivity index (χ3v) is 5.23. The maximum absolute atomic E-state index is 13.2. The van der Waals surface area contributed by atoms with Crippen LogP contribution in [-0.2, 0) is 0 Å². The number of nitrogens with zero attached hydrogens (tertiary/aromatic N) is 3. The van der Waals surface area contributed by atoms with Crippen molar-refractivity contribution in [2.24, 2.45) is 0 Å². The van der Waals surface area contributed by atoms with Crippen molar-refractivity contribution in [1.29, 1.82) is 0 Å². The van der Waals surface area contributed by atoms with Crippen molar-refractivity contribution in [3.05, 3.63) is 77.2 Å². The number of piperidine rings is 1. The quantitative estimate of drug-likeness (QED) is 0.492. The highest BCUT2D eigenvalue weighted by atomic mass is 35.5. The van der Waals surface area contributed by atoms with Crippen molar-refractivity contribution in [3.8, 4) is 17.5 Å². The Morgan fingerprint density at radius 2 is 1.84 bits per heavy atom. The molecular formula is C24H24ClFN4O. The first-order valence-corrected chi connectivity index (χ1v) is 10.1. The number of aromatic nitrogens is 2. The lowest BCUT2D eigenvalue weighted by atomic mass is 10.0. The Labute approximate surface area is 187 Å². The van der Waals surface area contributed by atoms with Crippen LogP contribution >= 0.6 is 12.4 Å². The van der Waals surface area contributed by atoms with Crippen LogP contribution in [-0.4, -0.2) is 40.1 Å². The first-order chi connectivity index (χ1) is 14.6. The summed E-state index contributed by atoms with van der Waals surface area (Å²) in [5.41, 5.74) is 8.36. The standard InChI is InChI=1S/C24H23FN4O.ClH/c25-20-9-11-21(12-10-20)29-24(26)22(17-27-29)23(30)19-8-4-6-18(16-19)7-5-15-28-13-2-1-3-14-28;/h4,6,8-12,16-17H,1-3,13-15,26H2;1H. The van der Waals surface area contributed by atoms with E-state index in [1.54, 1.807) is 24.3 Å². The minimum atomic E-state index is -0.348. The fraction of sp³-hybridized carbons (Fsp3) is 0.250. The molecule has 5 nitrogen and oxygen atoms in total. The molecular weight excluding hydrogens is 415 g/mol. The number of ketones is 1. The lowest BCUT2D eigenvalue weighted by Crippen LogP contribution is -2.29. The summed E-state index contributed by atoms with van der Waals surface area (Å²) in [5, 5.41) is 4.20. The van der Waals surface area contributed by atoms with Gasteiger partial charge in [-0.3, -0.25) is 9.69 Å². The smallest absolute Gasteiger partial charge is 0.198 e.